The molecule has 2 aromatic carbocycles. The van der Waals surface area contributed by atoms with Gasteiger partial charge in [-0.3, -0.25) is 14.4 Å². The topological polar surface area (TPSA) is 78.5 Å². The second-order valence-electron chi connectivity index (χ2n) is 7.44. The minimum absolute atomic E-state index is 0.00111. The maximum atomic E-state index is 12.5. The smallest absolute Gasteiger partial charge is 0.253 e. The summed E-state index contributed by atoms with van der Waals surface area (Å²) in [4.78, 5) is 39.0. The number of hydrogen-bond acceptors (Lipinski definition) is 4. The third kappa shape index (κ3) is 6.10. The number of amides is 3. The van der Waals surface area contributed by atoms with Crippen LogP contribution in [0.5, 0.6) is 0 Å². The molecular weight excluding hydrogens is 398 g/mol. The van der Waals surface area contributed by atoms with Crippen molar-refractivity contribution in [3.8, 4) is 0 Å². The Balaban J connectivity index is 1.49. The van der Waals surface area contributed by atoms with Crippen LogP contribution in [0, 0.1) is 6.92 Å². The Hall–Kier alpha value is -2.80. The highest BCUT2D eigenvalue weighted by Crippen LogP contribution is 2.19. The fourth-order valence-corrected chi connectivity index (χ4v) is 3.87. The first-order valence-corrected chi connectivity index (χ1v) is 11.2. The molecule has 0 radical (unpaired) electrons. The van der Waals surface area contributed by atoms with E-state index in [0.717, 1.165) is 37.2 Å². The van der Waals surface area contributed by atoms with Crippen molar-refractivity contribution in [1.29, 1.82) is 0 Å². The Labute approximate surface area is 181 Å². The molecule has 0 spiro atoms. The van der Waals surface area contributed by atoms with E-state index in [1.165, 1.54) is 11.8 Å². The standard InChI is InChI=1S/C23H27N3O3S/c1-16-8-10-19(11-9-16)24-21(27)15-30-17(2)22(28)25-20-7-5-6-18(14-20)23(29)26-12-3-4-13-26/h5-11,14,17H,3-4,12-13,15H2,1-2H3,(H,24,27)(H,25,28). The third-order valence-corrected chi connectivity index (χ3v) is 6.08. The van der Waals surface area contributed by atoms with Crippen molar-refractivity contribution in [2.45, 2.75) is 31.9 Å². The van der Waals surface area contributed by atoms with Gasteiger partial charge < -0.3 is 15.5 Å². The van der Waals surface area contributed by atoms with E-state index in [1.54, 1.807) is 31.2 Å². The molecule has 30 heavy (non-hydrogen) atoms. The summed E-state index contributed by atoms with van der Waals surface area (Å²) in [5, 5.41) is 5.26. The molecule has 6 nitrogen and oxygen atoms in total. The van der Waals surface area contributed by atoms with E-state index in [0.29, 0.717) is 11.3 Å². The summed E-state index contributed by atoms with van der Waals surface area (Å²) in [6, 6.07) is 14.6. The normalized spacial score (nSPS) is 14.3. The van der Waals surface area contributed by atoms with Gasteiger partial charge in [-0.05, 0) is 57.0 Å². The van der Waals surface area contributed by atoms with Gasteiger partial charge in [0.25, 0.3) is 5.91 Å². The average Bonchev–Trinajstić information content (AvgIpc) is 3.28. The van der Waals surface area contributed by atoms with Gasteiger partial charge in [-0.2, -0.15) is 0 Å². The van der Waals surface area contributed by atoms with Gasteiger partial charge in [-0.15, -0.1) is 11.8 Å². The summed E-state index contributed by atoms with van der Waals surface area (Å²) < 4.78 is 0. The van der Waals surface area contributed by atoms with Crippen LogP contribution in [0.25, 0.3) is 0 Å². The molecule has 1 fully saturated rings. The summed E-state index contributed by atoms with van der Waals surface area (Å²) in [7, 11) is 0. The maximum Gasteiger partial charge on any atom is 0.253 e. The predicted octanol–water partition coefficient (Wildman–Crippen LogP) is 3.93. The molecule has 1 saturated heterocycles. The van der Waals surface area contributed by atoms with Crippen LogP contribution in [-0.2, 0) is 9.59 Å². The highest BCUT2D eigenvalue weighted by Gasteiger charge is 2.20. The first kappa shape index (κ1) is 21.9. The number of hydrogen-bond donors (Lipinski definition) is 2. The molecule has 0 bridgehead atoms. The fraction of sp³-hybridized carbons (Fsp3) is 0.348. The Morgan fingerprint density at radius 1 is 1.00 bits per heavy atom. The zero-order valence-corrected chi connectivity index (χ0v) is 18.1. The lowest BCUT2D eigenvalue weighted by atomic mass is 10.1. The molecule has 1 heterocycles. The summed E-state index contributed by atoms with van der Waals surface area (Å²) in [6.07, 6.45) is 2.07. The molecule has 1 aliphatic rings. The first-order valence-electron chi connectivity index (χ1n) is 10.1. The van der Waals surface area contributed by atoms with E-state index >= 15 is 0 Å². The van der Waals surface area contributed by atoms with Crippen LogP contribution in [-0.4, -0.2) is 46.7 Å². The van der Waals surface area contributed by atoms with E-state index in [-0.39, 0.29) is 23.5 Å². The van der Waals surface area contributed by atoms with E-state index in [1.807, 2.05) is 36.1 Å². The highest BCUT2D eigenvalue weighted by atomic mass is 32.2. The average molecular weight is 426 g/mol. The Morgan fingerprint density at radius 3 is 2.40 bits per heavy atom. The number of anilines is 2. The van der Waals surface area contributed by atoms with Gasteiger partial charge >= 0.3 is 0 Å². The quantitative estimate of drug-likeness (QED) is 0.705. The molecule has 1 aliphatic heterocycles. The van der Waals surface area contributed by atoms with Crippen LogP contribution in [0.3, 0.4) is 0 Å². The first-order chi connectivity index (χ1) is 14.4. The zero-order chi connectivity index (χ0) is 21.5. The Morgan fingerprint density at radius 2 is 1.70 bits per heavy atom. The monoisotopic (exact) mass is 425 g/mol. The van der Waals surface area contributed by atoms with Crippen molar-refractivity contribution in [3.05, 3.63) is 59.7 Å². The van der Waals surface area contributed by atoms with Crippen molar-refractivity contribution in [2.24, 2.45) is 0 Å². The fourth-order valence-electron chi connectivity index (χ4n) is 3.19. The third-order valence-electron chi connectivity index (χ3n) is 4.94. The second-order valence-corrected chi connectivity index (χ2v) is 8.77. The van der Waals surface area contributed by atoms with Gasteiger partial charge in [-0.1, -0.05) is 23.8 Å². The van der Waals surface area contributed by atoms with Gasteiger partial charge in [0.15, 0.2) is 0 Å². The Bertz CT molecular complexity index is 908. The van der Waals surface area contributed by atoms with E-state index in [4.69, 9.17) is 0 Å². The summed E-state index contributed by atoms with van der Waals surface area (Å²) in [6.45, 7) is 5.32. The van der Waals surface area contributed by atoms with Crippen LogP contribution >= 0.6 is 11.8 Å². The molecule has 1 atom stereocenters. The molecule has 3 amide bonds. The molecular formula is C23H27N3O3S. The summed E-state index contributed by atoms with van der Waals surface area (Å²) in [5.41, 5.74) is 3.02. The van der Waals surface area contributed by atoms with Gasteiger partial charge in [0.05, 0.1) is 11.0 Å². The van der Waals surface area contributed by atoms with Gasteiger partial charge in [-0.25, -0.2) is 0 Å². The van der Waals surface area contributed by atoms with Crippen LogP contribution in [0.2, 0.25) is 0 Å². The zero-order valence-electron chi connectivity index (χ0n) is 17.3. The van der Waals surface area contributed by atoms with E-state index < -0.39 is 5.25 Å². The number of carbonyl (C=O) groups excluding carboxylic acids is 3. The maximum absolute atomic E-state index is 12.5. The lowest BCUT2D eigenvalue weighted by Gasteiger charge is -2.16. The summed E-state index contributed by atoms with van der Waals surface area (Å²) in [5.74, 6) is -0.176. The molecule has 158 valence electrons. The van der Waals surface area contributed by atoms with Crippen LogP contribution < -0.4 is 10.6 Å². The van der Waals surface area contributed by atoms with Crippen LogP contribution in [0.15, 0.2) is 48.5 Å². The minimum atomic E-state index is -0.410. The predicted molar refractivity (Wildman–Crippen MR) is 122 cm³/mol. The summed E-state index contributed by atoms with van der Waals surface area (Å²) >= 11 is 1.27. The molecule has 2 N–H and O–H groups in total. The van der Waals surface area contributed by atoms with Gasteiger partial charge in [0.1, 0.15) is 0 Å². The highest BCUT2D eigenvalue weighted by molar-refractivity contribution is 8.01. The van der Waals surface area contributed by atoms with E-state index in [9.17, 15) is 14.4 Å². The molecule has 3 rings (SSSR count). The Kier molecular flexibility index (Phi) is 7.52. The SMILES string of the molecule is Cc1ccc(NC(=O)CSC(C)C(=O)Nc2cccc(C(=O)N3CCCC3)c2)cc1. The van der Waals surface area contributed by atoms with Crippen LogP contribution in [0.1, 0.15) is 35.7 Å². The number of benzene rings is 2. The molecule has 0 saturated carbocycles. The number of nitrogens with one attached hydrogen (secondary N) is 2. The molecule has 1 unspecified atom stereocenters. The van der Waals surface area contributed by atoms with Gasteiger partial charge in [0, 0.05) is 30.0 Å². The number of nitrogens with zero attached hydrogens (tertiary/aromatic N) is 1. The minimum Gasteiger partial charge on any atom is -0.339 e. The molecule has 7 heteroatoms. The largest absolute Gasteiger partial charge is 0.339 e. The number of aryl methyl sites for hydroxylation is 1. The van der Waals surface area contributed by atoms with Crippen molar-refractivity contribution < 1.29 is 14.4 Å². The lowest BCUT2D eigenvalue weighted by molar-refractivity contribution is -0.115. The van der Waals surface area contributed by atoms with Crippen molar-refractivity contribution in [2.75, 3.05) is 29.5 Å². The van der Waals surface area contributed by atoms with Crippen molar-refractivity contribution in [3.63, 3.8) is 0 Å². The second kappa shape index (κ2) is 10.3. The van der Waals surface area contributed by atoms with Crippen molar-refractivity contribution >= 4 is 40.9 Å². The lowest BCUT2D eigenvalue weighted by Crippen LogP contribution is -2.28. The number of likely N-dealkylation sites (tertiary alicyclic amines) is 1. The van der Waals surface area contributed by atoms with Gasteiger partial charge in [0.2, 0.25) is 11.8 Å². The number of thioether (sulfide) groups is 1. The van der Waals surface area contributed by atoms with Crippen molar-refractivity contribution in [1.82, 2.24) is 4.90 Å². The number of rotatable bonds is 7. The number of carbonyl (C=O) groups is 3. The molecule has 0 aromatic heterocycles. The molecule has 2 aromatic rings. The van der Waals surface area contributed by atoms with Crippen LogP contribution in [0.4, 0.5) is 11.4 Å². The molecule has 0 aliphatic carbocycles. The van der Waals surface area contributed by atoms with E-state index in [2.05, 4.69) is 10.6 Å².